The quantitative estimate of drug-likeness (QED) is 0.753. The van der Waals surface area contributed by atoms with E-state index in [-0.39, 0.29) is 24.2 Å². The molecular formula is C20H18FN5O2. The molecule has 1 fully saturated rings. The molecule has 2 heterocycles. The summed E-state index contributed by atoms with van der Waals surface area (Å²) >= 11 is 0. The third-order valence-electron chi connectivity index (χ3n) is 4.70. The number of aromatic amines is 1. The molecule has 28 heavy (non-hydrogen) atoms. The minimum absolute atomic E-state index is 0.0150. The third kappa shape index (κ3) is 3.62. The molecule has 0 bridgehead atoms. The van der Waals surface area contributed by atoms with E-state index in [9.17, 15) is 14.0 Å². The lowest BCUT2D eigenvalue weighted by atomic mass is 10.1. The molecule has 8 heteroatoms. The van der Waals surface area contributed by atoms with Gasteiger partial charge in [-0.3, -0.25) is 14.7 Å². The zero-order valence-corrected chi connectivity index (χ0v) is 15.0. The van der Waals surface area contributed by atoms with Gasteiger partial charge in [0.05, 0.1) is 5.56 Å². The van der Waals surface area contributed by atoms with E-state index in [4.69, 9.17) is 0 Å². The normalized spacial score (nSPS) is 14.4. The second-order valence-corrected chi connectivity index (χ2v) is 6.55. The number of hydrogen-bond donors (Lipinski definition) is 1. The molecule has 0 radical (unpaired) electrons. The van der Waals surface area contributed by atoms with Crippen molar-refractivity contribution < 1.29 is 14.0 Å². The van der Waals surface area contributed by atoms with Crippen LogP contribution in [0.5, 0.6) is 0 Å². The molecular weight excluding hydrogens is 361 g/mol. The first-order chi connectivity index (χ1) is 13.6. The molecule has 1 saturated heterocycles. The molecule has 1 N–H and O–H groups in total. The summed E-state index contributed by atoms with van der Waals surface area (Å²) in [6.07, 6.45) is 1.38. The molecule has 2 aromatic carbocycles. The number of halogens is 1. The molecule has 1 aliphatic heterocycles. The van der Waals surface area contributed by atoms with E-state index < -0.39 is 0 Å². The molecule has 0 aliphatic carbocycles. The van der Waals surface area contributed by atoms with Gasteiger partial charge in [0.25, 0.3) is 5.91 Å². The first kappa shape index (κ1) is 17.8. The highest BCUT2D eigenvalue weighted by atomic mass is 19.1. The molecule has 3 aromatic rings. The molecule has 1 aromatic heterocycles. The Morgan fingerprint density at radius 2 is 2.00 bits per heavy atom. The number of piperazine rings is 1. The molecule has 0 spiro atoms. The Balaban J connectivity index is 1.48. The van der Waals surface area contributed by atoms with Crippen LogP contribution >= 0.6 is 0 Å². The monoisotopic (exact) mass is 379 g/mol. The van der Waals surface area contributed by atoms with E-state index in [1.165, 1.54) is 23.4 Å². The summed E-state index contributed by atoms with van der Waals surface area (Å²) in [7, 11) is 0. The lowest BCUT2D eigenvalue weighted by molar-refractivity contribution is -0.135. The van der Waals surface area contributed by atoms with Gasteiger partial charge in [-0.2, -0.15) is 5.10 Å². The Kier molecular flexibility index (Phi) is 4.84. The second-order valence-electron chi connectivity index (χ2n) is 6.55. The van der Waals surface area contributed by atoms with Crippen LogP contribution in [0.2, 0.25) is 0 Å². The fraction of sp³-hybridized carbons (Fsp3) is 0.200. The number of amides is 2. The van der Waals surface area contributed by atoms with Gasteiger partial charge in [-0.05, 0) is 23.8 Å². The summed E-state index contributed by atoms with van der Waals surface area (Å²) in [6, 6.07) is 13.3. The molecule has 1 aliphatic rings. The summed E-state index contributed by atoms with van der Waals surface area (Å²) in [5.41, 5.74) is 1.83. The highest BCUT2D eigenvalue weighted by Crippen LogP contribution is 2.22. The van der Waals surface area contributed by atoms with Crippen LogP contribution in [-0.2, 0) is 11.3 Å². The van der Waals surface area contributed by atoms with Crippen molar-refractivity contribution in [2.45, 2.75) is 6.54 Å². The molecule has 0 atom stereocenters. The predicted octanol–water partition coefficient (Wildman–Crippen LogP) is 2.10. The van der Waals surface area contributed by atoms with Gasteiger partial charge in [-0.25, -0.2) is 9.37 Å². The summed E-state index contributed by atoms with van der Waals surface area (Å²) in [5, 5.41) is 6.59. The summed E-state index contributed by atoms with van der Waals surface area (Å²) in [5.74, 6) is -0.227. The summed E-state index contributed by atoms with van der Waals surface area (Å²) < 4.78 is 13.4. The Labute approximate surface area is 160 Å². The zero-order chi connectivity index (χ0) is 19.5. The largest absolute Gasteiger partial charge is 0.335 e. The van der Waals surface area contributed by atoms with Gasteiger partial charge in [0.1, 0.15) is 18.7 Å². The molecule has 4 rings (SSSR count). The van der Waals surface area contributed by atoms with Crippen LogP contribution in [0, 0.1) is 5.82 Å². The van der Waals surface area contributed by atoms with E-state index in [1.807, 2.05) is 6.07 Å². The number of nitrogens with zero attached hydrogens (tertiary/aromatic N) is 4. The minimum Gasteiger partial charge on any atom is -0.335 e. The highest BCUT2D eigenvalue weighted by Gasteiger charge is 2.29. The van der Waals surface area contributed by atoms with Crippen molar-refractivity contribution in [2.24, 2.45) is 0 Å². The fourth-order valence-electron chi connectivity index (χ4n) is 3.29. The Hall–Kier alpha value is -3.55. The average Bonchev–Trinajstić information content (AvgIpc) is 3.24. The van der Waals surface area contributed by atoms with Crippen LogP contribution in [0.3, 0.4) is 0 Å². The number of aromatic nitrogens is 3. The third-order valence-corrected chi connectivity index (χ3v) is 4.70. The molecule has 2 amide bonds. The second kappa shape index (κ2) is 7.59. The first-order valence-corrected chi connectivity index (χ1v) is 8.88. The maximum atomic E-state index is 13.4. The summed E-state index contributed by atoms with van der Waals surface area (Å²) in [4.78, 5) is 32.8. The van der Waals surface area contributed by atoms with Gasteiger partial charge >= 0.3 is 0 Å². The Morgan fingerprint density at radius 3 is 2.75 bits per heavy atom. The molecule has 0 unspecified atom stereocenters. The van der Waals surface area contributed by atoms with Crippen molar-refractivity contribution in [2.75, 3.05) is 19.6 Å². The van der Waals surface area contributed by atoms with Crippen LogP contribution in [0.25, 0.3) is 11.4 Å². The van der Waals surface area contributed by atoms with Crippen LogP contribution in [-0.4, -0.2) is 56.4 Å². The Morgan fingerprint density at radius 1 is 1.14 bits per heavy atom. The maximum Gasteiger partial charge on any atom is 0.255 e. The average molecular weight is 379 g/mol. The van der Waals surface area contributed by atoms with Crippen LogP contribution < -0.4 is 0 Å². The van der Waals surface area contributed by atoms with Crippen molar-refractivity contribution in [1.82, 2.24) is 25.0 Å². The van der Waals surface area contributed by atoms with Crippen molar-refractivity contribution in [1.29, 1.82) is 0 Å². The van der Waals surface area contributed by atoms with Gasteiger partial charge < -0.3 is 9.80 Å². The van der Waals surface area contributed by atoms with E-state index >= 15 is 0 Å². The SMILES string of the molecule is O=C1CN(C(=O)c2ccccc2-c2ncn[nH]2)CCN1Cc1cccc(F)c1. The van der Waals surface area contributed by atoms with E-state index in [1.54, 1.807) is 35.2 Å². The van der Waals surface area contributed by atoms with Gasteiger partial charge in [0, 0.05) is 25.2 Å². The van der Waals surface area contributed by atoms with Crippen LogP contribution in [0.15, 0.2) is 54.9 Å². The lowest BCUT2D eigenvalue weighted by Crippen LogP contribution is -2.51. The minimum atomic E-state index is -0.331. The number of benzene rings is 2. The van der Waals surface area contributed by atoms with E-state index in [2.05, 4.69) is 15.2 Å². The van der Waals surface area contributed by atoms with Crippen molar-refractivity contribution in [3.8, 4) is 11.4 Å². The zero-order valence-electron chi connectivity index (χ0n) is 15.0. The topological polar surface area (TPSA) is 82.2 Å². The fourth-order valence-corrected chi connectivity index (χ4v) is 3.29. The molecule has 7 nitrogen and oxygen atoms in total. The number of hydrogen-bond acceptors (Lipinski definition) is 4. The number of carbonyl (C=O) groups excluding carboxylic acids is 2. The number of rotatable bonds is 4. The standard InChI is InChI=1S/C20H18FN5O2/c21-15-5-3-4-14(10-15)11-25-8-9-26(12-18(25)27)20(28)17-7-2-1-6-16(17)19-22-13-23-24-19/h1-7,10,13H,8-9,11-12H2,(H,22,23,24). The van der Waals surface area contributed by atoms with Crippen LogP contribution in [0.4, 0.5) is 4.39 Å². The van der Waals surface area contributed by atoms with Crippen molar-refractivity contribution >= 4 is 11.8 Å². The maximum absolute atomic E-state index is 13.4. The van der Waals surface area contributed by atoms with Crippen molar-refractivity contribution in [3.05, 3.63) is 71.8 Å². The van der Waals surface area contributed by atoms with Gasteiger partial charge in [-0.1, -0.05) is 30.3 Å². The van der Waals surface area contributed by atoms with Gasteiger partial charge in [0.2, 0.25) is 5.91 Å². The molecule has 142 valence electrons. The molecule has 0 saturated carbocycles. The number of nitrogens with one attached hydrogen (secondary N) is 1. The smallest absolute Gasteiger partial charge is 0.255 e. The predicted molar refractivity (Wildman–Crippen MR) is 99.5 cm³/mol. The van der Waals surface area contributed by atoms with E-state index in [0.717, 1.165) is 5.56 Å². The summed E-state index contributed by atoms with van der Waals surface area (Å²) in [6.45, 7) is 1.11. The number of H-pyrrole nitrogens is 1. The van der Waals surface area contributed by atoms with Crippen LogP contribution in [0.1, 0.15) is 15.9 Å². The Bertz CT molecular complexity index is 1010. The lowest BCUT2D eigenvalue weighted by Gasteiger charge is -2.34. The first-order valence-electron chi connectivity index (χ1n) is 8.88. The highest BCUT2D eigenvalue weighted by molar-refractivity contribution is 6.01. The van der Waals surface area contributed by atoms with Crippen molar-refractivity contribution in [3.63, 3.8) is 0 Å². The van der Waals surface area contributed by atoms with Gasteiger partial charge in [0.15, 0.2) is 5.82 Å². The van der Waals surface area contributed by atoms with Gasteiger partial charge in [-0.15, -0.1) is 0 Å². The number of carbonyl (C=O) groups is 2. The van der Waals surface area contributed by atoms with E-state index in [0.29, 0.717) is 36.6 Å².